The van der Waals surface area contributed by atoms with Crippen LogP contribution in [0.2, 0.25) is 0 Å². The van der Waals surface area contributed by atoms with Gasteiger partial charge in [-0.25, -0.2) is 23.4 Å². The lowest BCUT2D eigenvalue weighted by atomic mass is 10.1. The second kappa shape index (κ2) is 12.5. The number of ether oxygens (including phenoxy) is 2. The van der Waals surface area contributed by atoms with Crippen molar-refractivity contribution in [1.29, 1.82) is 0 Å². The molecule has 3 aromatic rings. The first-order chi connectivity index (χ1) is 19.5. The van der Waals surface area contributed by atoms with Crippen LogP contribution in [0, 0.1) is 11.6 Å². The topological polar surface area (TPSA) is 127 Å². The van der Waals surface area contributed by atoms with Crippen LogP contribution in [0.3, 0.4) is 0 Å². The maximum Gasteiger partial charge on any atom is 0.419 e. The maximum absolute atomic E-state index is 14.7. The molecule has 4 N–H and O–H groups in total. The van der Waals surface area contributed by atoms with Gasteiger partial charge in [0.05, 0.1) is 36.3 Å². The number of carboxylic acids is 1. The van der Waals surface area contributed by atoms with E-state index in [-0.39, 0.29) is 36.6 Å². The summed E-state index contributed by atoms with van der Waals surface area (Å²) in [6, 6.07) is 7.52. The molecular weight excluding hydrogens is 567 g/mol. The number of nitrogens with two attached hydrogens (primary N) is 1. The van der Waals surface area contributed by atoms with Crippen molar-refractivity contribution in [3.63, 3.8) is 0 Å². The predicted octanol–water partition coefficient (Wildman–Crippen LogP) is 6.39. The number of carboxylic acid groups (broad SMARTS) is 1. The second-order valence-corrected chi connectivity index (χ2v) is 10.1. The Morgan fingerprint density at radius 3 is 2.31 bits per heavy atom. The summed E-state index contributed by atoms with van der Waals surface area (Å²) in [6.07, 6.45) is -5.79. The van der Waals surface area contributed by atoms with Gasteiger partial charge < -0.3 is 30.5 Å². The molecule has 0 radical (unpaired) electrons. The molecule has 9 nitrogen and oxygen atoms in total. The predicted molar refractivity (Wildman–Crippen MR) is 144 cm³/mol. The number of alkyl halides is 3. The molecule has 1 amide bonds. The Labute approximate surface area is 238 Å². The van der Waals surface area contributed by atoms with Crippen LogP contribution < -0.4 is 15.8 Å². The van der Waals surface area contributed by atoms with Gasteiger partial charge in [0.25, 0.3) is 0 Å². The van der Waals surface area contributed by atoms with Crippen LogP contribution in [0.15, 0.2) is 42.5 Å². The minimum absolute atomic E-state index is 0.00522. The fraction of sp³-hybridized carbons (Fsp3) is 0.321. The van der Waals surface area contributed by atoms with Crippen LogP contribution in [-0.4, -0.2) is 46.3 Å². The number of aromatic carboxylic acids is 1. The molecule has 1 heterocycles. The summed E-state index contributed by atoms with van der Waals surface area (Å²) in [5.74, 6) is -4.38. The van der Waals surface area contributed by atoms with Crippen molar-refractivity contribution in [1.82, 2.24) is 9.88 Å². The van der Waals surface area contributed by atoms with E-state index >= 15 is 0 Å². The van der Waals surface area contributed by atoms with Crippen molar-refractivity contribution in [3.05, 3.63) is 76.5 Å². The molecule has 1 aromatic heterocycles. The molecule has 42 heavy (non-hydrogen) atoms. The van der Waals surface area contributed by atoms with Crippen molar-refractivity contribution in [2.45, 2.75) is 45.5 Å². The summed E-state index contributed by atoms with van der Waals surface area (Å²) < 4.78 is 79.2. The highest BCUT2D eigenvalue weighted by Gasteiger charge is 2.37. The van der Waals surface area contributed by atoms with Gasteiger partial charge >= 0.3 is 18.2 Å². The van der Waals surface area contributed by atoms with Crippen molar-refractivity contribution in [2.75, 3.05) is 24.7 Å². The highest BCUT2D eigenvalue weighted by atomic mass is 19.4. The van der Waals surface area contributed by atoms with Gasteiger partial charge in [-0.2, -0.15) is 13.2 Å². The number of aromatic nitrogens is 1. The molecule has 0 aliphatic heterocycles. The average molecular weight is 597 g/mol. The molecule has 226 valence electrons. The molecule has 0 unspecified atom stereocenters. The number of rotatable bonds is 9. The third-order valence-corrected chi connectivity index (χ3v) is 5.82. The Morgan fingerprint density at radius 2 is 1.71 bits per heavy atom. The summed E-state index contributed by atoms with van der Waals surface area (Å²) in [5.41, 5.74) is 2.41. The van der Waals surface area contributed by atoms with Crippen LogP contribution in [0.4, 0.5) is 43.8 Å². The molecule has 0 saturated heterocycles. The maximum atomic E-state index is 14.7. The van der Waals surface area contributed by atoms with Crippen LogP contribution in [0.5, 0.6) is 5.88 Å². The molecule has 3 rings (SSSR count). The number of halogens is 5. The van der Waals surface area contributed by atoms with Crippen LogP contribution in [0.1, 0.15) is 48.0 Å². The van der Waals surface area contributed by atoms with E-state index in [0.717, 1.165) is 18.2 Å². The third kappa shape index (κ3) is 7.98. The summed E-state index contributed by atoms with van der Waals surface area (Å²) in [5, 5.41) is 12.1. The van der Waals surface area contributed by atoms with Gasteiger partial charge in [-0.05, 0) is 62.7 Å². The first kappa shape index (κ1) is 31.9. The summed E-state index contributed by atoms with van der Waals surface area (Å²) in [4.78, 5) is 30.4. The SMILES string of the molecule is COc1ccc(N)c(CCN(Cc2cc(F)ccc2Nc2ccc(C(F)(F)F)c(F)c2C(=O)O)C(=O)OC(C)(C)C)n1. The lowest BCUT2D eigenvalue weighted by Crippen LogP contribution is -2.38. The Bertz CT molecular complexity index is 1470. The van der Waals surface area contributed by atoms with Gasteiger partial charge in [0.1, 0.15) is 17.0 Å². The summed E-state index contributed by atoms with van der Waals surface area (Å²) in [6.45, 7) is 4.61. The number of hydrogen-bond acceptors (Lipinski definition) is 7. The van der Waals surface area contributed by atoms with E-state index < -0.39 is 52.3 Å². The summed E-state index contributed by atoms with van der Waals surface area (Å²) in [7, 11) is 1.42. The smallest absolute Gasteiger partial charge is 0.419 e. The first-order valence-corrected chi connectivity index (χ1v) is 12.5. The monoisotopic (exact) mass is 596 g/mol. The van der Waals surface area contributed by atoms with E-state index in [1.54, 1.807) is 32.9 Å². The normalized spacial score (nSPS) is 11.6. The number of methoxy groups -OCH3 is 1. The Balaban J connectivity index is 2.00. The van der Waals surface area contributed by atoms with Gasteiger partial charge in [-0.3, -0.25) is 0 Å². The van der Waals surface area contributed by atoms with E-state index in [1.165, 1.54) is 18.1 Å². The van der Waals surface area contributed by atoms with Crippen LogP contribution in [-0.2, 0) is 23.9 Å². The number of hydrogen-bond donors (Lipinski definition) is 3. The number of amides is 1. The van der Waals surface area contributed by atoms with Gasteiger partial charge in [-0.1, -0.05) is 0 Å². The van der Waals surface area contributed by atoms with Crippen molar-refractivity contribution in [3.8, 4) is 5.88 Å². The minimum Gasteiger partial charge on any atom is -0.481 e. The Morgan fingerprint density at radius 1 is 1.05 bits per heavy atom. The van der Waals surface area contributed by atoms with Gasteiger partial charge in [0.2, 0.25) is 5.88 Å². The third-order valence-electron chi connectivity index (χ3n) is 5.82. The Kier molecular flexibility index (Phi) is 9.49. The quantitative estimate of drug-likeness (QED) is 0.243. The number of nitrogens with one attached hydrogen (secondary N) is 1. The zero-order valence-corrected chi connectivity index (χ0v) is 23.1. The van der Waals surface area contributed by atoms with E-state index in [4.69, 9.17) is 15.2 Å². The lowest BCUT2D eigenvalue weighted by Gasteiger charge is -2.28. The van der Waals surface area contributed by atoms with E-state index in [2.05, 4.69) is 10.3 Å². The Hall–Kier alpha value is -4.62. The van der Waals surface area contributed by atoms with Crippen LogP contribution >= 0.6 is 0 Å². The second-order valence-electron chi connectivity index (χ2n) is 10.1. The number of carbonyl (C=O) groups is 2. The molecule has 0 aliphatic carbocycles. The van der Waals surface area contributed by atoms with Gasteiger partial charge in [0.15, 0.2) is 5.82 Å². The van der Waals surface area contributed by atoms with E-state index in [1.807, 2.05) is 0 Å². The van der Waals surface area contributed by atoms with Crippen LogP contribution in [0.25, 0.3) is 0 Å². The fourth-order valence-corrected chi connectivity index (χ4v) is 3.88. The first-order valence-electron chi connectivity index (χ1n) is 12.5. The number of nitrogens with zero attached hydrogens (tertiary/aromatic N) is 2. The highest BCUT2D eigenvalue weighted by molar-refractivity contribution is 5.96. The van der Waals surface area contributed by atoms with E-state index in [0.29, 0.717) is 17.4 Å². The molecule has 0 bridgehead atoms. The number of pyridine rings is 1. The molecule has 0 atom stereocenters. The number of nitrogen functional groups attached to an aromatic ring is 1. The lowest BCUT2D eigenvalue weighted by molar-refractivity contribution is -0.140. The molecule has 0 fully saturated rings. The molecule has 0 aliphatic rings. The number of benzene rings is 2. The summed E-state index contributed by atoms with van der Waals surface area (Å²) >= 11 is 0. The standard InChI is InChI=1S/C28H29F5N4O5/c1-27(2,3)42-26(40)37(12-11-20-18(34)7-10-22(36-20)41-4)14-15-13-16(29)5-8-19(15)35-21-9-6-17(28(31,32)33)24(30)23(21)25(38)39/h5-10,13,35H,11-12,14,34H2,1-4H3,(H,38,39). The average Bonchev–Trinajstić information content (AvgIpc) is 2.86. The highest BCUT2D eigenvalue weighted by Crippen LogP contribution is 2.36. The molecule has 2 aromatic carbocycles. The molecule has 0 saturated carbocycles. The zero-order valence-electron chi connectivity index (χ0n) is 23.1. The van der Waals surface area contributed by atoms with Gasteiger partial charge in [0, 0.05) is 24.7 Å². The van der Waals surface area contributed by atoms with Crippen molar-refractivity contribution in [2.24, 2.45) is 0 Å². The molecule has 14 heteroatoms. The number of anilines is 3. The number of carbonyl (C=O) groups excluding carboxylic acids is 1. The van der Waals surface area contributed by atoms with Gasteiger partial charge in [-0.15, -0.1) is 0 Å². The largest absolute Gasteiger partial charge is 0.481 e. The van der Waals surface area contributed by atoms with Crippen molar-refractivity contribution >= 4 is 29.1 Å². The van der Waals surface area contributed by atoms with E-state index in [9.17, 15) is 36.6 Å². The van der Waals surface area contributed by atoms with Crippen molar-refractivity contribution < 1.29 is 46.1 Å². The molecule has 0 spiro atoms. The zero-order chi connectivity index (χ0) is 31.4. The molecular formula is C28H29F5N4O5. The fourth-order valence-electron chi connectivity index (χ4n) is 3.88. The minimum atomic E-state index is -5.14.